The van der Waals surface area contributed by atoms with E-state index in [4.69, 9.17) is 0 Å². The van der Waals surface area contributed by atoms with Crippen molar-refractivity contribution >= 4 is 11.7 Å². The zero-order valence-corrected chi connectivity index (χ0v) is 14.9. The van der Waals surface area contributed by atoms with Crippen LogP contribution in [0, 0.1) is 23.2 Å². The summed E-state index contributed by atoms with van der Waals surface area (Å²) in [4.78, 5) is 25.6. The fourth-order valence-electron chi connectivity index (χ4n) is 3.57. The van der Waals surface area contributed by atoms with Crippen LogP contribution in [0.15, 0.2) is 18.6 Å². The SMILES string of the molecule is C[C@@H]1CC1C(=O)N1CCN(c2cnc(C#N)c(-c3cn[nH]c3)n2)C[C@H]1C. The molecular formula is C18H21N7O. The summed E-state index contributed by atoms with van der Waals surface area (Å²) in [6, 6.07) is 2.21. The molecule has 1 N–H and O–H groups in total. The molecule has 134 valence electrons. The minimum atomic E-state index is 0.124. The number of piperazine rings is 1. The van der Waals surface area contributed by atoms with E-state index < -0.39 is 0 Å². The molecule has 8 heteroatoms. The van der Waals surface area contributed by atoms with Crippen LogP contribution < -0.4 is 4.90 Å². The van der Waals surface area contributed by atoms with Crippen molar-refractivity contribution in [3.63, 3.8) is 0 Å². The van der Waals surface area contributed by atoms with Crippen LogP contribution in [0.1, 0.15) is 26.0 Å². The van der Waals surface area contributed by atoms with Crippen molar-refractivity contribution in [3.05, 3.63) is 24.3 Å². The topological polar surface area (TPSA) is 102 Å². The first-order valence-corrected chi connectivity index (χ1v) is 8.90. The number of H-pyrrole nitrogens is 1. The maximum atomic E-state index is 12.6. The van der Waals surface area contributed by atoms with Gasteiger partial charge in [0.25, 0.3) is 0 Å². The van der Waals surface area contributed by atoms with E-state index in [1.54, 1.807) is 18.6 Å². The summed E-state index contributed by atoms with van der Waals surface area (Å²) in [6.07, 6.45) is 5.98. The fraction of sp³-hybridized carbons (Fsp3) is 0.500. The first-order valence-electron chi connectivity index (χ1n) is 8.90. The second-order valence-electron chi connectivity index (χ2n) is 7.17. The van der Waals surface area contributed by atoms with Crippen LogP contribution in [0.5, 0.6) is 0 Å². The van der Waals surface area contributed by atoms with E-state index in [-0.39, 0.29) is 23.6 Å². The van der Waals surface area contributed by atoms with Crippen molar-refractivity contribution < 1.29 is 4.79 Å². The Bertz CT molecular complexity index is 857. The third-order valence-electron chi connectivity index (χ3n) is 5.30. The Balaban J connectivity index is 1.53. The van der Waals surface area contributed by atoms with E-state index >= 15 is 0 Å². The number of carbonyl (C=O) groups is 1. The molecule has 2 aromatic rings. The highest BCUT2D eigenvalue weighted by atomic mass is 16.2. The maximum Gasteiger partial charge on any atom is 0.226 e. The summed E-state index contributed by atoms with van der Waals surface area (Å²) in [5.41, 5.74) is 1.54. The molecule has 2 aliphatic rings. The van der Waals surface area contributed by atoms with Gasteiger partial charge in [-0.25, -0.2) is 9.97 Å². The second-order valence-corrected chi connectivity index (χ2v) is 7.17. The van der Waals surface area contributed by atoms with E-state index in [2.05, 4.69) is 45.0 Å². The third kappa shape index (κ3) is 2.90. The number of nitrogens with one attached hydrogen (secondary N) is 1. The third-order valence-corrected chi connectivity index (χ3v) is 5.30. The van der Waals surface area contributed by atoms with Crippen LogP contribution >= 0.6 is 0 Å². The highest BCUT2D eigenvalue weighted by Gasteiger charge is 2.43. The number of carbonyl (C=O) groups excluding carboxylic acids is 1. The summed E-state index contributed by atoms with van der Waals surface area (Å²) in [5, 5.41) is 16.0. The molecule has 1 aliphatic carbocycles. The molecule has 0 bridgehead atoms. The van der Waals surface area contributed by atoms with Gasteiger partial charge in [0.1, 0.15) is 17.6 Å². The van der Waals surface area contributed by atoms with Crippen molar-refractivity contribution in [2.24, 2.45) is 11.8 Å². The number of aromatic amines is 1. The number of nitrogens with zero attached hydrogens (tertiary/aromatic N) is 6. The Morgan fingerprint density at radius 3 is 2.77 bits per heavy atom. The standard InChI is InChI=1S/C18H21N7O/c1-11-5-14(11)18(26)25-4-3-24(10-12(25)2)16-9-20-15(6-19)17(23-16)13-7-21-22-8-13/h7-9,11-12,14H,3-5,10H2,1-2H3,(H,21,22)/t11-,12-,14?/m1/s1. The predicted octanol–water partition coefficient (Wildman–Crippen LogP) is 1.43. The lowest BCUT2D eigenvalue weighted by molar-refractivity contribution is -0.135. The van der Waals surface area contributed by atoms with Gasteiger partial charge in [-0.15, -0.1) is 0 Å². The van der Waals surface area contributed by atoms with Crippen molar-refractivity contribution in [2.75, 3.05) is 24.5 Å². The minimum Gasteiger partial charge on any atom is -0.351 e. The normalized spacial score (nSPS) is 25.0. The molecule has 8 nitrogen and oxygen atoms in total. The molecule has 2 aromatic heterocycles. The number of rotatable bonds is 3. The zero-order chi connectivity index (χ0) is 18.3. The molecule has 1 amide bonds. The average Bonchev–Trinajstić information content (AvgIpc) is 3.15. The molecule has 4 rings (SSSR count). The molecule has 0 spiro atoms. The van der Waals surface area contributed by atoms with E-state index in [1.807, 2.05) is 4.90 Å². The van der Waals surface area contributed by atoms with Crippen LogP contribution in [0.3, 0.4) is 0 Å². The Kier molecular flexibility index (Phi) is 4.07. The predicted molar refractivity (Wildman–Crippen MR) is 95.0 cm³/mol. The maximum absolute atomic E-state index is 12.6. The number of amides is 1. The fourth-order valence-corrected chi connectivity index (χ4v) is 3.57. The average molecular weight is 351 g/mol. The van der Waals surface area contributed by atoms with E-state index in [0.717, 1.165) is 17.8 Å². The van der Waals surface area contributed by atoms with Crippen LogP contribution in [-0.2, 0) is 4.79 Å². The molecule has 3 heterocycles. The molecule has 1 aliphatic heterocycles. The van der Waals surface area contributed by atoms with Gasteiger partial charge in [-0.3, -0.25) is 9.89 Å². The number of hydrogen-bond acceptors (Lipinski definition) is 6. The summed E-state index contributed by atoms with van der Waals surface area (Å²) in [5.74, 6) is 1.75. The quantitative estimate of drug-likeness (QED) is 0.897. The minimum absolute atomic E-state index is 0.124. The van der Waals surface area contributed by atoms with Gasteiger partial charge in [-0.05, 0) is 19.3 Å². The van der Waals surface area contributed by atoms with Crippen LogP contribution in [-0.4, -0.2) is 56.6 Å². The Labute approximate surface area is 151 Å². The van der Waals surface area contributed by atoms with Gasteiger partial charge in [0, 0.05) is 43.4 Å². The van der Waals surface area contributed by atoms with Gasteiger partial charge < -0.3 is 9.80 Å². The van der Waals surface area contributed by atoms with Crippen molar-refractivity contribution in [1.82, 2.24) is 25.1 Å². The molecule has 2 fully saturated rings. The molecule has 0 radical (unpaired) electrons. The Hall–Kier alpha value is -2.95. The van der Waals surface area contributed by atoms with Crippen molar-refractivity contribution in [3.8, 4) is 17.3 Å². The van der Waals surface area contributed by atoms with E-state index in [9.17, 15) is 10.1 Å². The van der Waals surface area contributed by atoms with Gasteiger partial charge in [0.05, 0.1) is 12.4 Å². The van der Waals surface area contributed by atoms with Crippen LogP contribution in [0.25, 0.3) is 11.3 Å². The first-order chi connectivity index (χ1) is 12.6. The van der Waals surface area contributed by atoms with Crippen molar-refractivity contribution in [1.29, 1.82) is 5.26 Å². The summed E-state index contributed by atoms with van der Waals surface area (Å²) >= 11 is 0. The molecule has 26 heavy (non-hydrogen) atoms. The smallest absolute Gasteiger partial charge is 0.226 e. The molecular weight excluding hydrogens is 330 g/mol. The highest BCUT2D eigenvalue weighted by molar-refractivity contribution is 5.82. The Morgan fingerprint density at radius 1 is 1.35 bits per heavy atom. The Morgan fingerprint density at radius 2 is 2.15 bits per heavy atom. The molecule has 1 saturated heterocycles. The molecule has 1 saturated carbocycles. The molecule has 1 unspecified atom stereocenters. The van der Waals surface area contributed by atoms with E-state index in [1.165, 1.54) is 0 Å². The van der Waals surface area contributed by atoms with Gasteiger partial charge in [-0.2, -0.15) is 10.4 Å². The summed E-state index contributed by atoms with van der Waals surface area (Å²) < 4.78 is 0. The lowest BCUT2D eigenvalue weighted by Gasteiger charge is -2.40. The zero-order valence-electron chi connectivity index (χ0n) is 14.9. The first kappa shape index (κ1) is 16.5. The lowest BCUT2D eigenvalue weighted by atomic mass is 10.1. The van der Waals surface area contributed by atoms with Crippen molar-refractivity contribution in [2.45, 2.75) is 26.3 Å². The molecule has 3 atom stereocenters. The van der Waals surface area contributed by atoms with Gasteiger partial charge in [0.2, 0.25) is 5.91 Å². The lowest BCUT2D eigenvalue weighted by Crippen LogP contribution is -2.54. The largest absolute Gasteiger partial charge is 0.351 e. The number of hydrogen-bond donors (Lipinski definition) is 1. The van der Waals surface area contributed by atoms with Crippen LogP contribution in [0.4, 0.5) is 5.82 Å². The molecule has 0 aromatic carbocycles. The summed E-state index contributed by atoms with van der Waals surface area (Å²) in [6.45, 7) is 6.31. The van der Waals surface area contributed by atoms with Crippen LogP contribution in [0.2, 0.25) is 0 Å². The monoisotopic (exact) mass is 351 g/mol. The number of nitriles is 1. The van der Waals surface area contributed by atoms with Gasteiger partial charge >= 0.3 is 0 Å². The van der Waals surface area contributed by atoms with Gasteiger partial charge in [-0.1, -0.05) is 6.92 Å². The van der Waals surface area contributed by atoms with Gasteiger partial charge in [0.15, 0.2) is 5.69 Å². The second kappa shape index (κ2) is 6.41. The summed E-state index contributed by atoms with van der Waals surface area (Å²) in [7, 11) is 0. The number of anilines is 1. The number of aromatic nitrogens is 4. The van der Waals surface area contributed by atoms with E-state index in [0.29, 0.717) is 31.2 Å². The highest BCUT2D eigenvalue weighted by Crippen LogP contribution is 2.40.